The van der Waals surface area contributed by atoms with E-state index < -0.39 is 15.7 Å². The molecule has 0 amide bonds. The van der Waals surface area contributed by atoms with Gasteiger partial charge in [0, 0.05) is 10.2 Å². The molecule has 1 aromatic heterocycles. The van der Waals surface area contributed by atoms with E-state index in [4.69, 9.17) is 16.0 Å². The number of nitrogens with zero attached hydrogens (tertiary/aromatic N) is 1. The second-order valence-corrected chi connectivity index (χ2v) is 9.41. The molecule has 4 aromatic rings. The number of hydrogen-bond donors (Lipinski definition) is 1. The number of halogens is 3. The summed E-state index contributed by atoms with van der Waals surface area (Å²) in [5.41, 5.74) is 0.879. The normalized spacial score (nSPS) is 11.4. The van der Waals surface area contributed by atoms with Crippen LogP contribution in [0.2, 0.25) is 5.02 Å². The monoisotopic (exact) mass is 506 g/mol. The third-order valence-electron chi connectivity index (χ3n) is 4.18. The Balaban J connectivity index is 1.85. The SMILES string of the molecule is O=S(=O)(c1ccc(Br)cc1)c1nc(-c2ccccc2Cl)oc1Nc1ccc(F)cc1. The number of nitrogens with one attached hydrogen (secondary N) is 1. The van der Waals surface area contributed by atoms with Crippen molar-refractivity contribution < 1.29 is 17.2 Å². The number of rotatable bonds is 5. The summed E-state index contributed by atoms with van der Waals surface area (Å²) in [7, 11) is -4.02. The van der Waals surface area contributed by atoms with Gasteiger partial charge in [0.2, 0.25) is 26.6 Å². The molecule has 0 saturated carbocycles. The van der Waals surface area contributed by atoms with Crippen molar-refractivity contribution in [3.63, 3.8) is 0 Å². The lowest BCUT2D eigenvalue weighted by Gasteiger charge is -2.06. The molecule has 9 heteroatoms. The molecule has 152 valence electrons. The van der Waals surface area contributed by atoms with Crippen LogP contribution in [0.4, 0.5) is 16.0 Å². The smallest absolute Gasteiger partial charge is 0.238 e. The van der Waals surface area contributed by atoms with Gasteiger partial charge in [0.05, 0.1) is 15.5 Å². The summed E-state index contributed by atoms with van der Waals surface area (Å²) in [6, 6.07) is 18.4. The van der Waals surface area contributed by atoms with E-state index in [0.717, 1.165) is 4.47 Å². The molecule has 0 spiro atoms. The molecule has 0 radical (unpaired) electrons. The van der Waals surface area contributed by atoms with Crippen molar-refractivity contribution in [1.29, 1.82) is 0 Å². The van der Waals surface area contributed by atoms with Crippen molar-refractivity contribution in [2.75, 3.05) is 5.32 Å². The molecule has 0 unspecified atom stereocenters. The van der Waals surface area contributed by atoms with Crippen LogP contribution in [0.25, 0.3) is 11.5 Å². The van der Waals surface area contributed by atoms with Gasteiger partial charge in [-0.1, -0.05) is 39.7 Å². The van der Waals surface area contributed by atoms with Crippen LogP contribution in [0.1, 0.15) is 0 Å². The average Bonchev–Trinajstić information content (AvgIpc) is 3.15. The number of benzene rings is 3. The highest BCUT2D eigenvalue weighted by Crippen LogP contribution is 2.36. The summed E-state index contributed by atoms with van der Waals surface area (Å²) in [5, 5.41) is 2.93. The van der Waals surface area contributed by atoms with Gasteiger partial charge in [-0.3, -0.25) is 0 Å². The van der Waals surface area contributed by atoms with Gasteiger partial charge in [-0.2, -0.15) is 4.98 Å². The zero-order valence-electron chi connectivity index (χ0n) is 15.1. The van der Waals surface area contributed by atoms with Crippen LogP contribution in [-0.2, 0) is 9.84 Å². The summed E-state index contributed by atoms with van der Waals surface area (Å²) in [6.45, 7) is 0. The summed E-state index contributed by atoms with van der Waals surface area (Å²) in [5.74, 6) is -0.474. The van der Waals surface area contributed by atoms with Crippen LogP contribution in [0.3, 0.4) is 0 Å². The highest BCUT2D eigenvalue weighted by atomic mass is 79.9. The first-order valence-corrected chi connectivity index (χ1v) is 11.3. The second-order valence-electron chi connectivity index (χ2n) is 6.22. The largest absolute Gasteiger partial charge is 0.419 e. The number of anilines is 2. The predicted octanol–water partition coefficient (Wildman–Crippen LogP) is 6.47. The molecule has 0 fully saturated rings. The first kappa shape index (κ1) is 20.6. The fourth-order valence-corrected chi connectivity index (χ4v) is 4.45. The summed E-state index contributed by atoms with van der Waals surface area (Å²) in [6.07, 6.45) is 0. The van der Waals surface area contributed by atoms with Crippen molar-refractivity contribution in [2.24, 2.45) is 0 Å². The topological polar surface area (TPSA) is 72.2 Å². The summed E-state index contributed by atoms with van der Waals surface area (Å²) < 4.78 is 46.3. The zero-order chi connectivity index (χ0) is 21.3. The number of hydrogen-bond acceptors (Lipinski definition) is 5. The maximum Gasteiger partial charge on any atom is 0.238 e. The van der Waals surface area contributed by atoms with Crippen LogP contribution in [0.15, 0.2) is 91.6 Å². The Morgan fingerprint density at radius 1 is 0.967 bits per heavy atom. The van der Waals surface area contributed by atoms with E-state index in [1.165, 1.54) is 36.4 Å². The Morgan fingerprint density at radius 2 is 1.63 bits per heavy atom. The lowest BCUT2D eigenvalue weighted by atomic mass is 10.2. The minimum absolute atomic E-state index is 0.0425. The van der Waals surface area contributed by atoms with Gasteiger partial charge in [0.15, 0.2) is 0 Å². The van der Waals surface area contributed by atoms with Crippen molar-refractivity contribution in [3.8, 4) is 11.5 Å². The van der Waals surface area contributed by atoms with E-state index in [1.54, 1.807) is 36.4 Å². The maximum absolute atomic E-state index is 13.3. The zero-order valence-corrected chi connectivity index (χ0v) is 18.3. The van der Waals surface area contributed by atoms with Gasteiger partial charge in [0.1, 0.15) is 5.82 Å². The van der Waals surface area contributed by atoms with Crippen molar-refractivity contribution in [1.82, 2.24) is 4.98 Å². The Labute approximate surface area is 185 Å². The van der Waals surface area contributed by atoms with E-state index >= 15 is 0 Å². The summed E-state index contributed by atoms with van der Waals surface area (Å²) >= 11 is 9.52. The Hall–Kier alpha value is -2.68. The van der Waals surface area contributed by atoms with Crippen LogP contribution in [-0.4, -0.2) is 13.4 Å². The van der Waals surface area contributed by atoms with Gasteiger partial charge < -0.3 is 9.73 Å². The molecular formula is C21H13BrClFN2O3S. The van der Waals surface area contributed by atoms with E-state index in [9.17, 15) is 12.8 Å². The quantitative estimate of drug-likeness (QED) is 0.335. The molecule has 5 nitrogen and oxygen atoms in total. The maximum atomic E-state index is 13.3. The molecule has 1 heterocycles. The van der Waals surface area contributed by atoms with Gasteiger partial charge in [-0.15, -0.1) is 0 Å². The second kappa shape index (κ2) is 8.22. The molecule has 30 heavy (non-hydrogen) atoms. The minimum atomic E-state index is -4.02. The Morgan fingerprint density at radius 3 is 2.30 bits per heavy atom. The molecule has 4 rings (SSSR count). The van der Waals surface area contributed by atoms with Crippen LogP contribution in [0.5, 0.6) is 0 Å². The molecule has 0 aliphatic carbocycles. The molecule has 0 aliphatic heterocycles. The fraction of sp³-hybridized carbons (Fsp3) is 0. The number of sulfone groups is 1. The first-order valence-electron chi connectivity index (χ1n) is 8.63. The molecule has 0 bridgehead atoms. The van der Waals surface area contributed by atoms with E-state index in [1.807, 2.05) is 0 Å². The molecule has 0 atom stereocenters. The third-order valence-corrected chi connectivity index (χ3v) is 6.72. The van der Waals surface area contributed by atoms with E-state index in [0.29, 0.717) is 16.3 Å². The van der Waals surface area contributed by atoms with Crippen LogP contribution < -0.4 is 5.32 Å². The lowest BCUT2D eigenvalue weighted by molar-refractivity contribution is 0.581. The minimum Gasteiger partial charge on any atom is -0.419 e. The first-order chi connectivity index (χ1) is 14.3. The van der Waals surface area contributed by atoms with Crippen molar-refractivity contribution >= 4 is 48.9 Å². The number of oxazole rings is 1. The van der Waals surface area contributed by atoms with Gasteiger partial charge in [-0.05, 0) is 60.7 Å². The molecule has 1 N–H and O–H groups in total. The molecule has 3 aromatic carbocycles. The van der Waals surface area contributed by atoms with Gasteiger partial charge >= 0.3 is 0 Å². The molecule has 0 aliphatic rings. The highest BCUT2D eigenvalue weighted by molar-refractivity contribution is 9.10. The van der Waals surface area contributed by atoms with Crippen molar-refractivity contribution in [3.05, 3.63) is 88.1 Å². The highest BCUT2D eigenvalue weighted by Gasteiger charge is 2.29. The van der Waals surface area contributed by atoms with Gasteiger partial charge in [-0.25, -0.2) is 12.8 Å². The third kappa shape index (κ3) is 4.12. The predicted molar refractivity (Wildman–Crippen MR) is 116 cm³/mol. The fourth-order valence-electron chi connectivity index (χ4n) is 2.71. The Kier molecular flexibility index (Phi) is 5.64. The van der Waals surface area contributed by atoms with E-state index in [-0.39, 0.29) is 21.7 Å². The standard InChI is InChI=1S/C21H13BrClFN2O3S/c22-13-5-11-16(12-6-13)30(27,28)21-20(25-15-9-7-14(24)8-10-15)29-19(26-21)17-3-1-2-4-18(17)23/h1-12,25H. The average molecular weight is 508 g/mol. The molecule has 0 saturated heterocycles. The van der Waals surface area contributed by atoms with Crippen molar-refractivity contribution in [2.45, 2.75) is 9.92 Å². The summed E-state index contributed by atoms with van der Waals surface area (Å²) in [4.78, 5) is 4.29. The van der Waals surface area contributed by atoms with Crippen LogP contribution >= 0.6 is 27.5 Å². The number of aromatic nitrogens is 1. The molecular weight excluding hydrogens is 495 g/mol. The van der Waals surface area contributed by atoms with E-state index in [2.05, 4.69) is 26.2 Å². The lowest BCUT2D eigenvalue weighted by Crippen LogP contribution is -2.05. The van der Waals surface area contributed by atoms with Crippen LogP contribution in [0, 0.1) is 5.82 Å². The Bertz CT molecular complexity index is 1310. The van der Waals surface area contributed by atoms with Gasteiger partial charge in [0.25, 0.3) is 0 Å².